The van der Waals surface area contributed by atoms with Crippen molar-refractivity contribution in [3.63, 3.8) is 0 Å². The number of para-hydroxylation sites is 1. The summed E-state index contributed by atoms with van der Waals surface area (Å²) in [7, 11) is 0. The van der Waals surface area contributed by atoms with Gasteiger partial charge in [0.1, 0.15) is 5.75 Å². The Morgan fingerprint density at radius 3 is 2.85 bits per heavy atom. The van der Waals surface area contributed by atoms with Gasteiger partial charge in [-0.15, -0.1) is 0 Å². The number of benzene rings is 1. The van der Waals surface area contributed by atoms with Crippen molar-refractivity contribution in [2.24, 2.45) is 5.92 Å². The van der Waals surface area contributed by atoms with E-state index < -0.39 is 5.72 Å². The molecule has 3 amide bonds. The van der Waals surface area contributed by atoms with Crippen LogP contribution < -0.4 is 15.4 Å². The highest BCUT2D eigenvalue weighted by molar-refractivity contribution is 5.98. The van der Waals surface area contributed by atoms with Gasteiger partial charge in [-0.3, -0.25) is 14.4 Å². The molecule has 1 atom stereocenters. The third kappa shape index (κ3) is 3.98. The van der Waals surface area contributed by atoms with E-state index in [1.54, 1.807) is 23.1 Å². The Balaban J connectivity index is 1.67. The summed E-state index contributed by atoms with van der Waals surface area (Å²) in [6, 6.07) is 7.08. The molecule has 0 radical (unpaired) electrons. The van der Waals surface area contributed by atoms with E-state index in [1.165, 1.54) is 0 Å². The number of nitrogens with one attached hydrogen (secondary N) is 2. The maximum absolute atomic E-state index is 12.4. The Morgan fingerprint density at radius 2 is 2.08 bits per heavy atom. The maximum Gasteiger partial charge on any atom is 0.258 e. The predicted octanol–water partition coefficient (Wildman–Crippen LogP) is 1.29. The Morgan fingerprint density at radius 1 is 1.31 bits per heavy atom. The van der Waals surface area contributed by atoms with Crippen molar-refractivity contribution >= 4 is 17.7 Å². The molecule has 26 heavy (non-hydrogen) atoms. The summed E-state index contributed by atoms with van der Waals surface area (Å²) in [6.07, 6.45) is 1.05. The molecule has 1 spiro atoms. The van der Waals surface area contributed by atoms with Gasteiger partial charge < -0.3 is 20.3 Å². The van der Waals surface area contributed by atoms with E-state index in [1.807, 2.05) is 19.9 Å². The monoisotopic (exact) mass is 359 g/mol. The molecule has 0 aliphatic carbocycles. The molecule has 2 aliphatic heterocycles. The number of ether oxygens (including phenoxy) is 1. The fourth-order valence-corrected chi connectivity index (χ4v) is 3.23. The van der Waals surface area contributed by atoms with Gasteiger partial charge in [0.25, 0.3) is 5.91 Å². The van der Waals surface area contributed by atoms with Crippen LogP contribution in [0.4, 0.5) is 0 Å². The van der Waals surface area contributed by atoms with Crippen LogP contribution in [0.2, 0.25) is 0 Å². The van der Waals surface area contributed by atoms with E-state index in [2.05, 4.69) is 10.6 Å². The molecule has 0 unspecified atom stereocenters. The van der Waals surface area contributed by atoms with Gasteiger partial charge in [0.05, 0.1) is 12.1 Å². The summed E-state index contributed by atoms with van der Waals surface area (Å²) < 4.78 is 6.08. The van der Waals surface area contributed by atoms with Crippen molar-refractivity contribution in [1.29, 1.82) is 0 Å². The second-order valence-corrected chi connectivity index (χ2v) is 7.31. The van der Waals surface area contributed by atoms with Crippen LogP contribution in [0.1, 0.15) is 43.5 Å². The van der Waals surface area contributed by atoms with Gasteiger partial charge in [0, 0.05) is 32.4 Å². The number of carbonyl (C=O) groups excluding carboxylic acids is 3. The van der Waals surface area contributed by atoms with E-state index in [-0.39, 0.29) is 30.7 Å². The lowest BCUT2D eigenvalue weighted by atomic mass is 10.0. The molecule has 0 aromatic heterocycles. The Hall–Kier alpha value is -2.57. The number of nitrogens with zero attached hydrogens (tertiary/aromatic N) is 1. The molecule has 2 aliphatic rings. The Kier molecular flexibility index (Phi) is 5.15. The molecule has 3 rings (SSSR count). The average molecular weight is 359 g/mol. The van der Waals surface area contributed by atoms with Crippen molar-refractivity contribution < 1.29 is 19.1 Å². The number of rotatable bonds is 4. The minimum Gasteiger partial charge on any atom is -0.467 e. The summed E-state index contributed by atoms with van der Waals surface area (Å²) in [5.74, 6) is 0.433. The van der Waals surface area contributed by atoms with Crippen LogP contribution in [0.25, 0.3) is 0 Å². The molecule has 1 aromatic carbocycles. The topological polar surface area (TPSA) is 87.7 Å². The normalized spacial score (nSPS) is 22.5. The van der Waals surface area contributed by atoms with Gasteiger partial charge in [-0.2, -0.15) is 0 Å². The first-order chi connectivity index (χ1) is 12.4. The molecule has 1 fully saturated rings. The third-order valence-electron chi connectivity index (χ3n) is 4.70. The molecule has 1 aromatic rings. The number of likely N-dealkylation sites (tertiary alicyclic amines) is 1. The number of hydrogen-bond acceptors (Lipinski definition) is 4. The molecule has 2 heterocycles. The molecule has 7 nitrogen and oxygen atoms in total. The maximum atomic E-state index is 12.4. The molecule has 7 heteroatoms. The minimum atomic E-state index is -0.899. The summed E-state index contributed by atoms with van der Waals surface area (Å²) in [6.45, 7) is 5.01. The zero-order valence-corrected chi connectivity index (χ0v) is 15.2. The molecular formula is C19H25N3O4. The van der Waals surface area contributed by atoms with Crippen LogP contribution in [-0.4, -0.2) is 48.0 Å². The Bertz CT molecular complexity index is 718. The second-order valence-electron chi connectivity index (χ2n) is 7.31. The van der Waals surface area contributed by atoms with E-state index in [4.69, 9.17) is 4.74 Å². The van der Waals surface area contributed by atoms with Crippen LogP contribution >= 0.6 is 0 Å². The highest BCUT2D eigenvalue weighted by Crippen LogP contribution is 2.33. The lowest BCUT2D eigenvalue weighted by molar-refractivity contribution is -0.135. The highest BCUT2D eigenvalue weighted by atomic mass is 16.5. The van der Waals surface area contributed by atoms with E-state index in [0.29, 0.717) is 43.2 Å². The standard InChI is InChI=1S/C19H25N3O4/c1-13(2)11-20-16(23)12-22-10-9-19(8-7-17(22)24)21-18(25)14-5-3-4-6-15(14)26-19/h3-6,13H,7-12H2,1-2H3,(H,20,23)(H,21,25)/t19-/m1/s1. The summed E-state index contributed by atoms with van der Waals surface area (Å²) in [4.78, 5) is 38.4. The third-order valence-corrected chi connectivity index (χ3v) is 4.70. The lowest BCUT2D eigenvalue weighted by Gasteiger charge is -2.38. The first-order valence-electron chi connectivity index (χ1n) is 9.03. The number of carbonyl (C=O) groups is 3. The van der Waals surface area contributed by atoms with E-state index in [9.17, 15) is 14.4 Å². The SMILES string of the molecule is CC(C)CNC(=O)CN1CC[C@]2(CCC1=O)NC(=O)c1ccccc1O2. The van der Waals surface area contributed by atoms with Crippen LogP contribution in [0.3, 0.4) is 0 Å². The molecular weight excluding hydrogens is 334 g/mol. The van der Waals surface area contributed by atoms with Crippen LogP contribution in [0.5, 0.6) is 5.75 Å². The minimum absolute atomic E-state index is 0.0339. The van der Waals surface area contributed by atoms with Gasteiger partial charge >= 0.3 is 0 Å². The van der Waals surface area contributed by atoms with Gasteiger partial charge in [0.15, 0.2) is 5.72 Å². The molecule has 140 valence electrons. The zero-order valence-electron chi connectivity index (χ0n) is 15.2. The lowest BCUT2D eigenvalue weighted by Crippen LogP contribution is -2.56. The fraction of sp³-hybridized carbons (Fsp3) is 0.526. The first-order valence-corrected chi connectivity index (χ1v) is 9.03. The fourth-order valence-electron chi connectivity index (χ4n) is 3.23. The van der Waals surface area contributed by atoms with Crippen LogP contribution in [0, 0.1) is 5.92 Å². The second kappa shape index (κ2) is 7.35. The van der Waals surface area contributed by atoms with Crippen molar-refractivity contribution in [1.82, 2.24) is 15.5 Å². The van der Waals surface area contributed by atoms with Crippen molar-refractivity contribution in [2.75, 3.05) is 19.6 Å². The number of fused-ring (bicyclic) bond motifs is 1. The smallest absolute Gasteiger partial charge is 0.258 e. The summed E-state index contributed by atoms with van der Waals surface area (Å²) in [5.41, 5.74) is -0.400. The average Bonchev–Trinajstić information content (AvgIpc) is 2.74. The van der Waals surface area contributed by atoms with E-state index >= 15 is 0 Å². The first kappa shape index (κ1) is 18.2. The molecule has 0 bridgehead atoms. The summed E-state index contributed by atoms with van der Waals surface area (Å²) >= 11 is 0. The quantitative estimate of drug-likeness (QED) is 0.848. The highest BCUT2D eigenvalue weighted by Gasteiger charge is 2.42. The van der Waals surface area contributed by atoms with Gasteiger partial charge in [-0.05, 0) is 18.1 Å². The largest absolute Gasteiger partial charge is 0.467 e. The number of hydrogen-bond donors (Lipinski definition) is 2. The van der Waals surface area contributed by atoms with Gasteiger partial charge in [0.2, 0.25) is 11.8 Å². The van der Waals surface area contributed by atoms with Crippen LogP contribution in [0.15, 0.2) is 24.3 Å². The van der Waals surface area contributed by atoms with Crippen molar-refractivity contribution in [3.8, 4) is 5.75 Å². The van der Waals surface area contributed by atoms with Crippen molar-refractivity contribution in [3.05, 3.63) is 29.8 Å². The Labute approximate surface area is 153 Å². The number of amides is 3. The zero-order chi connectivity index (χ0) is 18.7. The molecule has 1 saturated heterocycles. The molecule has 0 saturated carbocycles. The van der Waals surface area contributed by atoms with Crippen LogP contribution in [-0.2, 0) is 9.59 Å². The molecule has 2 N–H and O–H groups in total. The predicted molar refractivity (Wildman–Crippen MR) is 95.5 cm³/mol. The van der Waals surface area contributed by atoms with Gasteiger partial charge in [-0.1, -0.05) is 26.0 Å². The van der Waals surface area contributed by atoms with Crippen molar-refractivity contribution in [2.45, 2.75) is 38.8 Å². The van der Waals surface area contributed by atoms with E-state index in [0.717, 1.165) is 0 Å². The summed E-state index contributed by atoms with van der Waals surface area (Å²) in [5, 5.41) is 5.75. The van der Waals surface area contributed by atoms with Gasteiger partial charge in [-0.25, -0.2) is 0 Å².